The lowest BCUT2D eigenvalue weighted by Gasteiger charge is -2.21. The fraction of sp³-hybridized carbons (Fsp3) is 0.400. The number of carboxylic acids is 1. The molecule has 0 radical (unpaired) electrons. The standard InChI is InChI=1S/C10H11N3O5/c14-6-4-8(10(15)16)12(5-6)9-7(13(17)18)2-1-3-11-9/h1-3,6,8,14H,4-5H2,(H,15,16)/t6-,8+/m0/s1. The second-order valence-corrected chi connectivity index (χ2v) is 4.00. The van der Waals surface area contributed by atoms with Crippen LogP contribution in [0.3, 0.4) is 0 Å². The summed E-state index contributed by atoms with van der Waals surface area (Å²) >= 11 is 0. The number of carboxylic acid groups (broad SMARTS) is 1. The van der Waals surface area contributed by atoms with Crippen LogP contribution >= 0.6 is 0 Å². The molecule has 0 saturated carbocycles. The number of carbonyl (C=O) groups is 1. The second kappa shape index (κ2) is 4.57. The molecule has 1 aromatic heterocycles. The maximum absolute atomic E-state index is 11.1. The largest absolute Gasteiger partial charge is 0.480 e. The highest BCUT2D eigenvalue weighted by Gasteiger charge is 2.39. The van der Waals surface area contributed by atoms with E-state index in [1.807, 2.05) is 0 Å². The molecule has 2 rings (SSSR count). The fourth-order valence-corrected chi connectivity index (χ4v) is 2.03. The third-order valence-corrected chi connectivity index (χ3v) is 2.80. The van der Waals surface area contributed by atoms with Gasteiger partial charge in [-0.05, 0) is 6.07 Å². The van der Waals surface area contributed by atoms with E-state index >= 15 is 0 Å². The van der Waals surface area contributed by atoms with Crippen molar-refractivity contribution in [3.05, 3.63) is 28.4 Å². The molecule has 2 atom stereocenters. The number of hydrogen-bond donors (Lipinski definition) is 2. The summed E-state index contributed by atoms with van der Waals surface area (Å²) in [5, 5.41) is 29.4. The van der Waals surface area contributed by atoms with Crippen LogP contribution in [0.4, 0.5) is 11.5 Å². The van der Waals surface area contributed by atoms with E-state index in [0.717, 1.165) is 0 Å². The van der Waals surface area contributed by atoms with Gasteiger partial charge in [0.2, 0.25) is 5.82 Å². The van der Waals surface area contributed by atoms with E-state index in [1.165, 1.54) is 23.2 Å². The highest BCUT2D eigenvalue weighted by atomic mass is 16.6. The first-order chi connectivity index (χ1) is 8.50. The van der Waals surface area contributed by atoms with E-state index in [-0.39, 0.29) is 24.5 Å². The van der Waals surface area contributed by atoms with Crippen molar-refractivity contribution in [2.24, 2.45) is 0 Å². The Kier molecular flexibility index (Phi) is 3.11. The van der Waals surface area contributed by atoms with Gasteiger partial charge in [0.25, 0.3) is 0 Å². The molecule has 0 amide bonds. The minimum atomic E-state index is -1.13. The lowest BCUT2D eigenvalue weighted by atomic mass is 10.2. The van der Waals surface area contributed by atoms with Crippen molar-refractivity contribution in [1.29, 1.82) is 0 Å². The van der Waals surface area contributed by atoms with E-state index in [2.05, 4.69) is 4.98 Å². The molecular weight excluding hydrogens is 242 g/mol. The Balaban J connectivity index is 2.41. The summed E-state index contributed by atoms with van der Waals surface area (Å²) in [4.78, 5) is 26.4. The number of hydrogen-bond acceptors (Lipinski definition) is 6. The van der Waals surface area contributed by atoms with Gasteiger partial charge in [0.05, 0.1) is 11.0 Å². The molecule has 0 bridgehead atoms. The number of pyridine rings is 1. The Hall–Kier alpha value is -2.22. The van der Waals surface area contributed by atoms with Crippen LogP contribution in [0.2, 0.25) is 0 Å². The maximum atomic E-state index is 11.1. The van der Waals surface area contributed by atoms with Crippen LogP contribution in [0.1, 0.15) is 6.42 Å². The van der Waals surface area contributed by atoms with E-state index < -0.39 is 23.0 Å². The molecule has 1 aromatic rings. The van der Waals surface area contributed by atoms with Gasteiger partial charge in [-0.2, -0.15) is 0 Å². The number of anilines is 1. The van der Waals surface area contributed by atoms with E-state index in [9.17, 15) is 20.0 Å². The van der Waals surface area contributed by atoms with Crippen LogP contribution in [0.25, 0.3) is 0 Å². The van der Waals surface area contributed by atoms with Crippen molar-refractivity contribution in [3.63, 3.8) is 0 Å². The number of β-amino-alcohol motifs (C(OH)–C–C–N with tert-alkyl or cyclic N) is 1. The maximum Gasteiger partial charge on any atom is 0.326 e. The average molecular weight is 253 g/mol. The number of nitrogens with zero attached hydrogens (tertiary/aromatic N) is 3. The molecule has 0 aliphatic carbocycles. The number of aliphatic hydroxyl groups excluding tert-OH is 1. The Bertz CT molecular complexity index is 492. The number of aliphatic carboxylic acids is 1. The normalized spacial score (nSPS) is 23.1. The molecule has 18 heavy (non-hydrogen) atoms. The zero-order chi connectivity index (χ0) is 13.3. The molecule has 1 fully saturated rings. The SMILES string of the molecule is O=C(O)[C@H]1C[C@H](O)CN1c1ncccc1[N+](=O)[O-]. The second-order valence-electron chi connectivity index (χ2n) is 4.00. The van der Waals surface area contributed by atoms with Gasteiger partial charge < -0.3 is 15.1 Å². The van der Waals surface area contributed by atoms with Gasteiger partial charge in [0.15, 0.2) is 0 Å². The van der Waals surface area contributed by atoms with Gasteiger partial charge in [-0.25, -0.2) is 9.78 Å². The van der Waals surface area contributed by atoms with E-state index in [1.54, 1.807) is 0 Å². The molecule has 8 heteroatoms. The molecule has 8 nitrogen and oxygen atoms in total. The van der Waals surface area contributed by atoms with Gasteiger partial charge in [-0.3, -0.25) is 10.1 Å². The smallest absolute Gasteiger partial charge is 0.326 e. The van der Waals surface area contributed by atoms with Crippen LogP contribution < -0.4 is 4.90 Å². The van der Waals surface area contributed by atoms with E-state index in [0.29, 0.717) is 0 Å². The molecule has 1 saturated heterocycles. The molecule has 1 aliphatic rings. The minimum absolute atomic E-state index is 0.0218. The molecule has 2 N–H and O–H groups in total. The third-order valence-electron chi connectivity index (χ3n) is 2.80. The Morgan fingerprint density at radius 3 is 2.94 bits per heavy atom. The van der Waals surface area contributed by atoms with Gasteiger partial charge in [0.1, 0.15) is 6.04 Å². The minimum Gasteiger partial charge on any atom is -0.480 e. The molecule has 0 spiro atoms. The first kappa shape index (κ1) is 12.2. The molecule has 0 unspecified atom stereocenters. The zero-order valence-corrected chi connectivity index (χ0v) is 9.26. The van der Waals surface area contributed by atoms with Crippen molar-refractivity contribution in [2.45, 2.75) is 18.6 Å². The van der Waals surface area contributed by atoms with Gasteiger partial charge in [-0.15, -0.1) is 0 Å². The number of aromatic nitrogens is 1. The summed E-state index contributed by atoms with van der Waals surface area (Å²) in [6.45, 7) is 0.0226. The molecule has 2 heterocycles. The summed E-state index contributed by atoms with van der Waals surface area (Å²) in [6, 6.07) is 1.67. The lowest BCUT2D eigenvalue weighted by Crippen LogP contribution is -2.36. The predicted molar refractivity (Wildman–Crippen MR) is 60.3 cm³/mol. The number of nitro groups is 1. The van der Waals surface area contributed by atoms with Crippen molar-refractivity contribution in [2.75, 3.05) is 11.4 Å². The Labute approximate surface area is 102 Å². The van der Waals surface area contributed by atoms with Crippen LogP contribution in [0.5, 0.6) is 0 Å². The fourth-order valence-electron chi connectivity index (χ4n) is 2.03. The van der Waals surface area contributed by atoms with Crippen LogP contribution in [-0.2, 0) is 4.79 Å². The first-order valence-electron chi connectivity index (χ1n) is 5.27. The lowest BCUT2D eigenvalue weighted by molar-refractivity contribution is -0.384. The Morgan fingerprint density at radius 2 is 2.33 bits per heavy atom. The number of aliphatic hydroxyl groups is 1. The van der Waals surface area contributed by atoms with Gasteiger partial charge >= 0.3 is 11.7 Å². The van der Waals surface area contributed by atoms with Crippen molar-refractivity contribution < 1.29 is 19.9 Å². The summed E-state index contributed by atoms with van der Waals surface area (Å²) in [5.41, 5.74) is -0.266. The van der Waals surface area contributed by atoms with Crippen LogP contribution in [-0.4, -0.2) is 44.8 Å². The summed E-state index contributed by atoms with van der Waals surface area (Å²) in [6.07, 6.45) is 0.558. The average Bonchev–Trinajstić information content (AvgIpc) is 2.71. The molecule has 0 aromatic carbocycles. The quantitative estimate of drug-likeness (QED) is 0.575. The van der Waals surface area contributed by atoms with Crippen molar-refractivity contribution >= 4 is 17.5 Å². The summed E-state index contributed by atoms with van der Waals surface area (Å²) in [7, 11) is 0. The zero-order valence-electron chi connectivity index (χ0n) is 9.26. The number of rotatable bonds is 3. The molecular formula is C10H11N3O5. The first-order valence-corrected chi connectivity index (χ1v) is 5.27. The highest BCUT2D eigenvalue weighted by molar-refractivity contribution is 5.80. The van der Waals surface area contributed by atoms with Crippen LogP contribution in [0.15, 0.2) is 18.3 Å². The third kappa shape index (κ3) is 2.09. The Morgan fingerprint density at radius 1 is 1.61 bits per heavy atom. The molecule has 96 valence electrons. The van der Waals surface area contributed by atoms with Crippen LogP contribution in [0, 0.1) is 10.1 Å². The summed E-state index contributed by atoms with van der Waals surface area (Å²) < 4.78 is 0. The summed E-state index contributed by atoms with van der Waals surface area (Å²) in [5.74, 6) is -1.15. The van der Waals surface area contributed by atoms with E-state index in [4.69, 9.17) is 5.11 Å². The topological polar surface area (TPSA) is 117 Å². The van der Waals surface area contributed by atoms with Crippen molar-refractivity contribution in [3.8, 4) is 0 Å². The monoisotopic (exact) mass is 253 g/mol. The van der Waals surface area contributed by atoms with Crippen molar-refractivity contribution in [1.82, 2.24) is 4.98 Å². The van der Waals surface area contributed by atoms with Gasteiger partial charge in [0, 0.05) is 25.2 Å². The molecule has 1 aliphatic heterocycles. The highest BCUT2D eigenvalue weighted by Crippen LogP contribution is 2.31. The predicted octanol–water partition coefficient (Wildman–Crippen LogP) is 0.0140. The van der Waals surface area contributed by atoms with Gasteiger partial charge in [-0.1, -0.05) is 0 Å².